The molecule has 0 aliphatic carbocycles. The number of para-hydroxylation sites is 2. The number of carbonyl (C=O) groups excluding carboxylic acids is 1. The Kier molecular flexibility index (Phi) is 3.99. The normalized spacial score (nSPS) is 9.65. The van der Waals surface area contributed by atoms with Crippen LogP contribution in [0.15, 0.2) is 48.5 Å². The number of rotatable bonds is 3. The quantitative estimate of drug-likeness (QED) is 0.658. The lowest BCUT2D eigenvalue weighted by Crippen LogP contribution is -2.28. The van der Waals surface area contributed by atoms with Crippen LogP contribution in [-0.2, 0) is 0 Å². The second-order valence-corrected chi connectivity index (χ2v) is 4.18. The predicted octanol–water partition coefficient (Wildman–Crippen LogP) is 2.12. The summed E-state index contributed by atoms with van der Waals surface area (Å²) in [6.07, 6.45) is 0. The van der Waals surface area contributed by atoms with E-state index in [4.69, 9.17) is 11.1 Å². The molecule has 20 heavy (non-hydrogen) atoms. The number of hydrogen-bond donors (Lipinski definition) is 2. The van der Waals surface area contributed by atoms with Crippen molar-refractivity contribution in [2.75, 3.05) is 17.4 Å². The topological polar surface area (TPSA) is 82.2 Å². The van der Waals surface area contributed by atoms with Crippen molar-refractivity contribution < 1.29 is 4.79 Å². The third kappa shape index (κ3) is 2.46. The van der Waals surface area contributed by atoms with Crippen molar-refractivity contribution in [2.24, 2.45) is 5.84 Å². The van der Waals surface area contributed by atoms with E-state index in [9.17, 15) is 4.79 Å². The van der Waals surface area contributed by atoms with Gasteiger partial charge in [0.2, 0.25) is 0 Å². The molecule has 100 valence electrons. The summed E-state index contributed by atoms with van der Waals surface area (Å²) >= 11 is 0. The van der Waals surface area contributed by atoms with Crippen molar-refractivity contribution in [3.8, 4) is 6.07 Å². The van der Waals surface area contributed by atoms with E-state index in [1.807, 2.05) is 0 Å². The van der Waals surface area contributed by atoms with E-state index >= 15 is 0 Å². The van der Waals surface area contributed by atoms with E-state index in [0.717, 1.165) is 0 Å². The zero-order chi connectivity index (χ0) is 14.5. The summed E-state index contributed by atoms with van der Waals surface area (Å²) in [6, 6.07) is 16.0. The predicted molar refractivity (Wildman–Crippen MR) is 78.1 cm³/mol. The number of benzene rings is 2. The van der Waals surface area contributed by atoms with E-state index in [2.05, 4.69) is 11.5 Å². The molecule has 5 nitrogen and oxygen atoms in total. The van der Waals surface area contributed by atoms with Gasteiger partial charge in [-0.1, -0.05) is 24.3 Å². The Balaban J connectivity index is 2.41. The average Bonchev–Trinajstić information content (AvgIpc) is 2.53. The molecule has 0 aliphatic heterocycles. The summed E-state index contributed by atoms with van der Waals surface area (Å²) in [7, 11) is 1.63. The van der Waals surface area contributed by atoms with Crippen LogP contribution in [-0.4, -0.2) is 13.0 Å². The van der Waals surface area contributed by atoms with Crippen LogP contribution < -0.4 is 16.2 Å². The maximum atomic E-state index is 12.5. The van der Waals surface area contributed by atoms with Crippen LogP contribution >= 0.6 is 0 Å². The Morgan fingerprint density at radius 1 is 1.20 bits per heavy atom. The van der Waals surface area contributed by atoms with Gasteiger partial charge in [-0.2, -0.15) is 5.26 Å². The van der Waals surface area contributed by atoms with Gasteiger partial charge in [-0.15, -0.1) is 0 Å². The molecule has 0 saturated heterocycles. The molecule has 0 bridgehead atoms. The number of nitriles is 1. The Morgan fingerprint density at radius 2 is 1.85 bits per heavy atom. The molecule has 3 N–H and O–H groups in total. The first kappa shape index (κ1) is 13.6. The molecule has 5 heteroatoms. The fourth-order valence-corrected chi connectivity index (χ4v) is 1.95. The van der Waals surface area contributed by atoms with Crippen molar-refractivity contribution in [3.05, 3.63) is 59.7 Å². The standard InChI is InChI=1S/C15H14N4O/c1-19(14-9-5-2-6-11(14)10-16)15(20)12-7-3-4-8-13(12)18-17/h2-9,18H,17H2,1H3. The van der Waals surface area contributed by atoms with Gasteiger partial charge in [-0.25, -0.2) is 0 Å². The maximum Gasteiger partial charge on any atom is 0.260 e. The molecule has 2 aromatic carbocycles. The zero-order valence-electron chi connectivity index (χ0n) is 11.0. The van der Waals surface area contributed by atoms with Gasteiger partial charge >= 0.3 is 0 Å². The summed E-state index contributed by atoms with van der Waals surface area (Å²) in [6.45, 7) is 0. The van der Waals surface area contributed by atoms with Gasteiger partial charge in [0, 0.05) is 7.05 Å². The first-order valence-corrected chi connectivity index (χ1v) is 6.02. The summed E-state index contributed by atoms with van der Waals surface area (Å²) in [5.74, 6) is 5.18. The number of hydrazine groups is 1. The SMILES string of the molecule is CN(C(=O)c1ccccc1NN)c1ccccc1C#N. The molecule has 0 heterocycles. The van der Waals surface area contributed by atoms with Crippen LogP contribution in [0.1, 0.15) is 15.9 Å². The van der Waals surface area contributed by atoms with Gasteiger partial charge in [0.05, 0.1) is 22.5 Å². The molecule has 0 unspecified atom stereocenters. The number of carbonyl (C=O) groups is 1. The van der Waals surface area contributed by atoms with E-state index in [1.54, 1.807) is 55.6 Å². The van der Waals surface area contributed by atoms with Gasteiger partial charge in [0.1, 0.15) is 6.07 Å². The number of anilines is 2. The van der Waals surface area contributed by atoms with Crippen LogP contribution in [0.5, 0.6) is 0 Å². The fraction of sp³-hybridized carbons (Fsp3) is 0.0667. The minimum Gasteiger partial charge on any atom is -0.323 e. The molecule has 2 aromatic rings. The third-order valence-electron chi connectivity index (χ3n) is 3.00. The number of nitrogen functional groups attached to an aromatic ring is 1. The highest BCUT2D eigenvalue weighted by molar-refractivity contribution is 6.09. The van der Waals surface area contributed by atoms with E-state index in [-0.39, 0.29) is 5.91 Å². The molecule has 1 amide bonds. The van der Waals surface area contributed by atoms with Crippen molar-refractivity contribution in [1.29, 1.82) is 5.26 Å². The number of nitrogens with one attached hydrogen (secondary N) is 1. The van der Waals surface area contributed by atoms with E-state index in [1.165, 1.54) is 4.90 Å². The molecule has 0 saturated carbocycles. The van der Waals surface area contributed by atoms with Crippen molar-refractivity contribution >= 4 is 17.3 Å². The first-order chi connectivity index (χ1) is 9.69. The number of amides is 1. The van der Waals surface area contributed by atoms with Crippen LogP contribution in [0.25, 0.3) is 0 Å². The summed E-state index contributed by atoms with van der Waals surface area (Å²) in [5, 5.41) is 9.10. The second kappa shape index (κ2) is 5.87. The smallest absolute Gasteiger partial charge is 0.260 e. The Hall–Kier alpha value is -2.84. The van der Waals surface area contributed by atoms with Crippen LogP contribution in [0.2, 0.25) is 0 Å². The van der Waals surface area contributed by atoms with E-state index in [0.29, 0.717) is 22.5 Å². The third-order valence-corrected chi connectivity index (χ3v) is 3.00. The minimum absolute atomic E-state index is 0.235. The van der Waals surface area contributed by atoms with Crippen molar-refractivity contribution in [2.45, 2.75) is 0 Å². The molecule has 0 aromatic heterocycles. The minimum atomic E-state index is -0.235. The highest BCUT2D eigenvalue weighted by atomic mass is 16.2. The molecule has 0 spiro atoms. The number of nitrogens with zero attached hydrogens (tertiary/aromatic N) is 2. The molecule has 0 radical (unpaired) electrons. The van der Waals surface area contributed by atoms with Gasteiger partial charge in [-0.3, -0.25) is 10.6 Å². The first-order valence-electron chi connectivity index (χ1n) is 6.02. The van der Waals surface area contributed by atoms with Gasteiger partial charge < -0.3 is 10.3 Å². The largest absolute Gasteiger partial charge is 0.323 e. The molecular formula is C15H14N4O. The van der Waals surface area contributed by atoms with Crippen LogP contribution in [0, 0.1) is 11.3 Å². The van der Waals surface area contributed by atoms with Crippen molar-refractivity contribution in [3.63, 3.8) is 0 Å². The zero-order valence-corrected chi connectivity index (χ0v) is 11.0. The maximum absolute atomic E-state index is 12.5. The van der Waals surface area contributed by atoms with Crippen LogP contribution in [0.3, 0.4) is 0 Å². The van der Waals surface area contributed by atoms with Gasteiger partial charge in [0.15, 0.2) is 0 Å². The average molecular weight is 266 g/mol. The lowest BCUT2D eigenvalue weighted by Gasteiger charge is -2.20. The molecule has 2 rings (SSSR count). The van der Waals surface area contributed by atoms with Crippen molar-refractivity contribution in [1.82, 2.24) is 0 Å². The van der Waals surface area contributed by atoms with Gasteiger partial charge in [0.25, 0.3) is 5.91 Å². The van der Waals surface area contributed by atoms with E-state index < -0.39 is 0 Å². The Morgan fingerprint density at radius 3 is 2.55 bits per heavy atom. The Bertz CT molecular complexity index is 676. The molecule has 0 fully saturated rings. The molecule has 0 aliphatic rings. The van der Waals surface area contributed by atoms with Crippen LogP contribution in [0.4, 0.5) is 11.4 Å². The van der Waals surface area contributed by atoms with Gasteiger partial charge in [-0.05, 0) is 24.3 Å². The number of hydrogen-bond acceptors (Lipinski definition) is 4. The summed E-state index contributed by atoms with van der Waals surface area (Å²) in [4.78, 5) is 14.0. The monoisotopic (exact) mass is 266 g/mol. The lowest BCUT2D eigenvalue weighted by atomic mass is 10.1. The Labute approximate surface area is 117 Å². The highest BCUT2D eigenvalue weighted by Gasteiger charge is 2.18. The highest BCUT2D eigenvalue weighted by Crippen LogP contribution is 2.22. The summed E-state index contributed by atoms with van der Waals surface area (Å²) < 4.78 is 0. The lowest BCUT2D eigenvalue weighted by molar-refractivity contribution is 0.0993. The number of nitrogens with two attached hydrogens (primary N) is 1. The molecular weight excluding hydrogens is 252 g/mol. The molecule has 0 atom stereocenters. The second-order valence-electron chi connectivity index (χ2n) is 4.18. The summed E-state index contributed by atoms with van der Waals surface area (Å²) in [5.41, 5.74) is 4.50. The fourth-order valence-electron chi connectivity index (χ4n) is 1.95.